The van der Waals surface area contributed by atoms with Gasteiger partial charge in [-0.25, -0.2) is 4.98 Å². The molecule has 1 amide bonds. The lowest BCUT2D eigenvalue weighted by molar-refractivity contribution is 0.0788. The van der Waals surface area contributed by atoms with E-state index in [4.69, 9.17) is 0 Å². The molecule has 0 aliphatic heterocycles. The highest BCUT2D eigenvalue weighted by atomic mass is 79.9. The van der Waals surface area contributed by atoms with Crippen molar-refractivity contribution in [2.75, 3.05) is 13.6 Å². The largest absolute Gasteiger partial charge is 0.339 e. The number of hydrogen-bond acceptors (Lipinski definition) is 2. The van der Waals surface area contributed by atoms with Crippen LogP contribution in [0.3, 0.4) is 0 Å². The van der Waals surface area contributed by atoms with Crippen LogP contribution in [0.4, 0.5) is 0 Å². The minimum atomic E-state index is -0.00343. The summed E-state index contributed by atoms with van der Waals surface area (Å²) in [6.45, 7) is 2.69. The fourth-order valence-electron chi connectivity index (χ4n) is 1.22. The van der Waals surface area contributed by atoms with Gasteiger partial charge in [0, 0.05) is 25.5 Å². The maximum Gasteiger partial charge on any atom is 0.271 e. The molecule has 78 valence electrons. The first kappa shape index (κ1) is 11.2. The zero-order chi connectivity index (χ0) is 10.7. The van der Waals surface area contributed by atoms with Crippen LogP contribution >= 0.6 is 15.9 Å². The van der Waals surface area contributed by atoms with Gasteiger partial charge in [0.2, 0.25) is 0 Å². The van der Waals surface area contributed by atoms with Gasteiger partial charge in [-0.15, -0.1) is 0 Å². The molecule has 1 heterocycles. The van der Waals surface area contributed by atoms with Crippen LogP contribution in [0.15, 0.2) is 12.5 Å². The summed E-state index contributed by atoms with van der Waals surface area (Å²) in [6, 6.07) is 0. The van der Waals surface area contributed by atoms with Crippen LogP contribution in [-0.2, 0) is 7.05 Å². The lowest BCUT2D eigenvalue weighted by atomic mass is 10.3. The number of carbonyl (C=O) groups is 1. The van der Waals surface area contributed by atoms with Gasteiger partial charge in [-0.1, -0.05) is 22.9 Å². The zero-order valence-electron chi connectivity index (χ0n) is 8.57. The van der Waals surface area contributed by atoms with Crippen molar-refractivity contribution in [1.82, 2.24) is 14.5 Å². The van der Waals surface area contributed by atoms with Gasteiger partial charge in [-0.05, 0) is 0 Å². The van der Waals surface area contributed by atoms with Gasteiger partial charge in [-0.2, -0.15) is 0 Å². The monoisotopic (exact) mass is 259 g/mol. The van der Waals surface area contributed by atoms with E-state index in [1.165, 1.54) is 0 Å². The molecule has 0 aliphatic rings. The molecular weight excluding hydrogens is 246 g/mol. The highest BCUT2D eigenvalue weighted by Gasteiger charge is 2.15. The molecule has 1 rings (SSSR count). The van der Waals surface area contributed by atoms with E-state index in [1.54, 1.807) is 29.0 Å². The first-order valence-electron chi connectivity index (χ1n) is 4.38. The lowest BCUT2D eigenvalue weighted by Crippen LogP contribution is -2.32. The maximum absolute atomic E-state index is 11.8. The van der Waals surface area contributed by atoms with Crippen molar-refractivity contribution < 1.29 is 4.79 Å². The SMILES string of the molecule is CC(Br)CN(C)C(=O)c1cncn1C. The Balaban J connectivity index is 2.71. The van der Waals surface area contributed by atoms with Crippen molar-refractivity contribution in [2.24, 2.45) is 7.05 Å². The number of imidazole rings is 1. The number of nitrogens with zero attached hydrogens (tertiary/aromatic N) is 3. The predicted molar refractivity (Wildman–Crippen MR) is 58.6 cm³/mol. The van der Waals surface area contributed by atoms with Gasteiger partial charge in [-0.3, -0.25) is 4.79 Å². The molecule has 0 radical (unpaired) electrons. The first-order valence-corrected chi connectivity index (χ1v) is 5.29. The molecule has 0 spiro atoms. The third-order valence-electron chi connectivity index (χ3n) is 1.91. The van der Waals surface area contributed by atoms with Crippen LogP contribution in [-0.4, -0.2) is 38.8 Å². The summed E-state index contributed by atoms with van der Waals surface area (Å²) in [6.07, 6.45) is 3.20. The average molecular weight is 260 g/mol. The molecule has 0 saturated carbocycles. The van der Waals surface area contributed by atoms with E-state index in [0.717, 1.165) is 0 Å². The highest BCUT2D eigenvalue weighted by molar-refractivity contribution is 9.09. The van der Waals surface area contributed by atoms with E-state index < -0.39 is 0 Å². The van der Waals surface area contributed by atoms with Gasteiger partial charge in [0.1, 0.15) is 5.69 Å². The smallest absolute Gasteiger partial charge is 0.271 e. The number of halogens is 1. The summed E-state index contributed by atoms with van der Waals surface area (Å²) in [5, 5.41) is 0. The topological polar surface area (TPSA) is 38.1 Å². The standard InChI is InChI=1S/C9H14BrN3O/c1-7(10)5-12(2)9(14)8-4-11-6-13(8)3/h4,6-7H,5H2,1-3H3. The van der Waals surface area contributed by atoms with Crippen molar-refractivity contribution in [3.05, 3.63) is 18.2 Å². The molecule has 0 N–H and O–H groups in total. The second-order valence-corrected chi connectivity index (χ2v) is 4.92. The Labute approximate surface area is 92.0 Å². The molecule has 0 aliphatic carbocycles. The number of carbonyl (C=O) groups excluding carboxylic acids is 1. The van der Waals surface area contributed by atoms with Crippen molar-refractivity contribution in [2.45, 2.75) is 11.8 Å². The number of aryl methyl sites for hydroxylation is 1. The molecule has 0 aromatic carbocycles. The van der Waals surface area contributed by atoms with E-state index >= 15 is 0 Å². The molecule has 0 fully saturated rings. The normalized spacial score (nSPS) is 12.6. The zero-order valence-corrected chi connectivity index (χ0v) is 10.2. The Morgan fingerprint density at radius 1 is 1.79 bits per heavy atom. The third-order valence-corrected chi connectivity index (χ3v) is 2.20. The van der Waals surface area contributed by atoms with E-state index in [-0.39, 0.29) is 5.91 Å². The Morgan fingerprint density at radius 2 is 2.43 bits per heavy atom. The average Bonchev–Trinajstić information content (AvgIpc) is 2.48. The third kappa shape index (κ3) is 2.57. The van der Waals surface area contributed by atoms with E-state index in [2.05, 4.69) is 20.9 Å². The Hall–Kier alpha value is -0.840. The fourth-order valence-corrected chi connectivity index (χ4v) is 1.65. The van der Waals surface area contributed by atoms with Crippen LogP contribution in [0.5, 0.6) is 0 Å². The number of alkyl halides is 1. The maximum atomic E-state index is 11.8. The first-order chi connectivity index (χ1) is 6.52. The van der Waals surface area contributed by atoms with Gasteiger partial charge in [0.15, 0.2) is 0 Å². The summed E-state index contributed by atoms with van der Waals surface area (Å²) >= 11 is 3.41. The summed E-state index contributed by atoms with van der Waals surface area (Å²) < 4.78 is 1.72. The fraction of sp³-hybridized carbons (Fsp3) is 0.556. The Kier molecular flexibility index (Phi) is 3.69. The summed E-state index contributed by atoms with van der Waals surface area (Å²) in [5.41, 5.74) is 0.612. The second-order valence-electron chi connectivity index (χ2n) is 3.36. The van der Waals surface area contributed by atoms with Crippen molar-refractivity contribution in [3.8, 4) is 0 Å². The van der Waals surface area contributed by atoms with Crippen LogP contribution in [0.2, 0.25) is 0 Å². The van der Waals surface area contributed by atoms with Crippen molar-refractivity contribution in [1.29, 1.82) is 0 Å². The summed E-state index contributed by atoms with van der Waals surface area (Å²) in [5.74, 6) is -0.00343. The van der Waals surface area contributed by atoms with Crippen LogP contribution in [0.1, 0.15) is 17.4 Å². The summed E-state index contributed by atoms with van der Waals surface area (Å²) in [4.78, 5) is 17.7. The van der Waals surface area contributed by atoms with Gasteiger partial charge >= 0.3 is 0 Å². The van der Waals surface area contributed by atoms with E-state index in [9.17, 15) is 4.79 Å². The molecule has 1 atom stereocenters. The lowest BCUT2D eigenvalue weighted by Gasteiger charge is -2.18. The summed E-state index contributed by atoms with van der Waals surface area (Å²) in [7, 11) is 3.60. The number of hydrogen-bond donors (Lipinski definition) is 0. The minimum absolute atomic E-state index is 0.00343. The molecule has 0 bridgehead atoms. The molecule has 1 unspecified atom stereocenters. The van der Waals surface area contributed by atoms with Crippen LogP contribution in [0.25, 0.3) is 0 Å². The number of aromatic nitrogens is 2. The minimum Gasteiger partial charge on any atom is -0.339 e. The number of amides is 1. The molecule has 4 nitrogen and oxygen atoms in total. The van der Waals surface area contributed by atoms with E-state index in [1.807, 2.05) is 14.0 Å². The second kappa shape index (κ2) is 4.59. The molecule has 1 aromatic rings. The predicted octanol–water partition coefficient (Wildman–Crippen LogP) is 1.28. The number of rotatable bonds is 3. The quantitative estimate of drug-likeness (QED) is 0.768. The van der Waals surface area contributed by atoms with Crippen molar-refractivity contribution >= 4 is 21.8 Å². The van der Waals surface area contributed by atoms with Gasteiger partial charge < -0.3 is 9.47 Å². The molecule has 0 saturated heterocycles. The molecule has 5 heteroatoms. The van der Waals surface area contributed by atoms with Crippen molar-refractivity contribution in [3.63, 3.8) is 0 Å². The highest BCUT2D eigenvalue weighted by Crippen LogP contribution is 2.05. The molecule has 1 aromatic heterocycles. The Morgan fingerprint density at radius 3 is 2.86 bits per heavy atom. The van der Waals surface area contributed by atoms with E-state index in [0.29, 0.717) is 17.1 Å². The van der Waals surface area contributed by atoms with Crippen LogP contribution < -0.4 is 0 Å². The molecular formula is C9H14BrN3O. The van der Waals surface area contributed by atoms with Crippen LogP contribution in [0, 0.1) is 0 Å². The Bertz CT molecular complexity index is 322. The van der Waals surface area contributed by atoms with Gasteiger partial charge in [0.05, 0.1) is 12.5 Å². The van der Waals surface area contributed by atoms with Gasteiger partial charge in [0.25, 0.3) is 5.91 Å². The molecule has 14 heavy (non-hydrogen) atoms.